The largest absolute Gasteiger partial charge is 0.353 e. The second kappa shape index (κ2) is 5.78. The topological polar surface area (TPSA) is 17.0 Å². The van der Waals surface area contributed by atoms with Crippen LogP contribution in [0.4, 0.5) is 0 Å². The van der Waals surface area contributed by atoms with Crippen molar-refractivity contribution in [3.8, 4) is 0 Å². The summed E-state index contributed by atoms with van der Waals surface area (Å²) in [6.07, 6.45) is 8.59. The molecule has 1 N–H and O–H groups in total. The fourth-order valence-corrected chi connectivity index (χ4v) is 3.12. The molecule has 0 radical (unpaired) electrons. The van der Waals surface area contributed by atoms with E-state index in [0.29, 0.717) is 6.04 Å². The van der Waals surface area contributed by atoms with Crippen LogP contribution in [0.5, 0.6) is 0 Å². The van der Waals surface area contributed by atoms with Crippen LogP contribution in [0, 0.1) is 0 Å². The van der Waals surface area contributed by atoms with Gasteiger partial charge in [-0.05, 0) is 43.2 Å². The van der Waals surface area contributed by atoms with E-state index in [9.17, 15) is 0 Å². The van der Waals surface area contributed by atoms with Crippen LogP contribution >= 0.6 is 11.8 Å². The molecule has 0 spiro atoms. The van der Waals surface area contributed by atoms with Crippen LogP contribution in [0.2, 0.25) is 0 Å². The number of thioether (sulfide) groups is 1. The lowest BCUT2D eigenvalue weighted by Gasteiger charge is -2.21. The minimum atomic E-state index is 0.587. The van der Waals surface area contributed by atoms with E-state index in [-0.39, 0.29) is 0 Å². The highest BCUT2D eigenvalue weighted by atomic mass is 32.2. The van der Waals surface area contributed by atoms with Crippen molar-refractivity contribution in [1.82, 2.24) is 9.88 Å². The smallest absolute Gasteiger partial charge is 0.0335 e. The van der Waals surface area contributed by atoms with Gasteiger partial charge >= 0.3 is 0 Å². The van der Waals surface area contributed by atoms with E-state index in [4.69, 9.17) is 0 Å². The van der Waals surface area contributed by atoms with Crippen molar-refractivity contribution < 1.29 is 0 Å². The molecule has 0 saturated heterocycles. The Balaban J connectivity index is 2.03. The average Bonchev–Trinajstić information content (AvgIpc) is 2.71. The van der Waals surface area contributed by atoms with Crippen LogP contribution in [0.25, 0.3) is 0 Å². The number of aromatic nitrogens is 1. The second-order valence-electron chi connectivity index (χ2n) is 4.41. The quantitative estimate of drug-likeness (QED) is 0.794. The molecule has 2 rings (SSSR count). The van der Waals surface area contributed by atoms with E-state index in [1.54, 1.807) is 5.56 Å². The molecule has 2 nitrogen and oxygen atoms in total. The van der Waals surface area contributed by atoms with Gasteiger partial charge in [-0.2, -0.15) is 11.8 Å². The number of rotatable bonds is 5. The first-order valence-electron chi connectivity index (χ1n) is 6.28. The molecule has 16 heavy (non-hydrogen) atoms. The first-order valence-corrected chi connectivity index (χ1v) is 7.44. The maximum atomic E-state index is 3.42. The van der Waals surface area contributed by atoms with Crippen molar-refractivity contribution in [2.45, 2.75) is 38.8 Å². The van der Waals surface area contributed by atoms with Crippen molar-refractivity contribution >= 4 is 11.8 Å². The van der Waals surface area contributed by atoms with Crippen molar-refractivity contribution in [1.29, 1.82) is 0 Å². The molecule has 1 aliphatic rings. The molecular weight excluding hydrogens is 216 g/mol. The zero-order chi connectivity index (χ0) is 11.4. The Hall–Kier alpha value is -0.410. The summed E-state index contributed by atoms with van der Waals surface area (Å²) in [5.41, 5.74) is 3.10. The van der Waals surface area contributed by atoms with Crippen molar-refractivity contribution in [2.24, 2.45) is 0 Å². The summed E-state index contributed by atoms with van der Waals surface area (Å²) in [5.74, 6) is 2.45. The molecule has 0 aromatic carbocycles. The van der Waals surface area contributed by atoms with Crippen LogP contribution < -0.4 is 5.32 Å². The Labute approximate surface area is 103 Å². The molecule has 0 saturated carbocycles. The third-order valence-corrected chi connectivity index (χ3v) is 4.24. The molecule has 90 valence electrons. The first-order chi connectivity index (χ1) is 7.85. The predicted molar refractivity (Wildman–Crippen MR) is 72.2 cm³/mol. The minimum Gasteiger partial charge on any atom is -0.353 e. The van der Waals surface area contributed by atoms with Gasteiger partial charge in [0, 0.05) is 30.7 Å². The summed E-state index contributed by atoms with van der Waals surface area (Å²) in [4.78, 5) is 0. The van der Waals surface area contributed by atoms with Crippen molar-refractivity contribution in [2.75, 3.05) is 18.6 Å². The lowest BCUT2D eigenvalue weighted by atomic mass is 9.91. The Kier molecular flexibility index (Phi) is 4.36. The summed E-state index contributed by atoms with van der Waals surface area (Å²) in [5, 5.41) is 3.42. The van der Waals surface area contributed by atoms with E-state index in [1.165, 1.54) is 36.3 Å². The zero-order valence-electron chi connectivity index (χ0n) is 10.3. The Morgan fingerprint density at radius 3 is 3.12 bits per heavy atom. The molecular formula is C13H22N2S. The molecule has 1 unspecified atom stereocenters. The monoisotopic (exact) mass is 238 g/mol. The Bertz CT molecular complexity index is 333. The summed E-state index contributed by atoms with van der Waals surface area (Å²) in [7, 11) is 2.07. The lowest BCUT2D eigenvalue weighted by molar-refractivity contribution is 0.498. The van der Waals surface area contributed by atoms with Gasteiger partial charge in [0.1, 0.15) is 0 Å². The highest BCUT2D eigenvalue weighted by molar-refractivity contribution is 7.99. The van der Waals surface area contributed by atoms with Gasteiger partial charge in [-0.1, -0.05) is 6.92 Å². The molecule has 0 fully saturated rings. The number of hydrogen-bond donors (Lipinski definition) is 1. The molecule has 1 aliphatic carbocycles. The van der Waals surface area contributed by atoms with Crippen LogP contribution in [0.15, 0.2) is 12.4 Å². The van der Waals surface area contributed by atoms with Crippen LogP contribution in [-0.4, -0.2) is 23.1 Å². The van der Waals surface area contributed by atoms with Crippen LogP contribution in [0.3, 0.4) is 0 Å². The molecule has 1 heterocycles. The maximum absolute atomic E-state index is 3.42. The Morgan fingerprint density at radius 1 is 1.50 bits per heavy atom. The van der Waals surface area contributed by atoms with Gasteiger partial charge in [-0.25, -0.2) is 0 Å². The van der Waals surface area contributed by atoms with Gasteiger partial charge in [0.2, 0.25) is 0 Å². The first kappa shape index (κ1) is 12.1. The lowest BCUT2D eigenvalue weighted by Crippen LogP contribution is -2.20. The number of fused-ring (bicyclic) bond motifs is 1. The zero-order valence-corrected chi connectivity index (χ0v) is 11.1. The molecule has 1 aromatic heterocycles. The summed E-state index contributed by atoms with van der Waals surface area (Å²) in [6, 6.07) is 0.587. The third-order valence-electron chi connectivity index (χ3n) is 3.36. The van der Waals surface area contributed by atoms with Crippen LogP contribution in [-0.2, 0) is 13.0 Å². The SMILES string of the molecule is CCSCCn1cc2c(c1)C(NC)CCC2. The summed E-state index contributed by atoms with van der Waals surface area (Å²) < 4.78 is 2.38. The molecule has 0 amide bonds. The number of nitrogens with zero attached hydrogens (tertiary/aromatic N) is 1. The van der Waals surface area contributed by atoms with E-state index < -0.39 is 0 Å². The van der Waals surface area contributed by atoms with E-state index in [1.807, 2.05) is 11.8 Å². The molecule has 1 aromatic rings. The van der Waals surface area contributed by atoms with E-state index in [2.05, 4.69) is 36.2 Å². The number of nitrogens with one attached hydrogen (secondary N) is 1. The van der Waals surface area contributed by atoms with Gasteiger partial charge in [0.05, 0.1) is 0 Å². The van der Waals surface area contributed by atoms with Crippen molar-refractivity contribution in [3.63, 3.8) is 0 Å². The minimum absolute atomic E-state index is 0.587. The second-order valence-corrected chi connectivity index (χ2v) is 5.80. The Morgan fingerprint density at radius 2 is 2.38 bits per heavy atom. The summed E-state index contributed by atoms with van der Waals surface area (Å²) in [6.45, 7) is 3.38. The highest BCUT2D eigenvalue weighted by Crippen LogP contribution is 2.30. The van der Waals surface area contributed by atoms with Gasteiger partial charge in [0.25, 0.3) is 0 Å². The van der Waals surface area contributed by atoms with Gasteiger partial charge in [-0.3, -0.25) is 0 Å². The predicted octanol–water partition coefficient (Wildman–Crippen LogP) is 2.84. The summed E-state index contributed by atoms with van der Waals surface area (Å²) >= 11 is 2.02. The fourth-order valence-electron chi connectivity index (χ4n) is 2.49. The molecule has 1 atom stereocenters. The fraction of sp³-hybridized carbons (Fsp3) is 0.692. The average molecular weight is 238 g/mol. The highest BCUT2D eigenvalue weighted by Gasteiger charge is 2.20. The van der Waals surface area contributed by atoms with Gasteiger partial charge in [0.15, 0.2) is 0 Å². The normalized spacial score (nSPS) is 19.8. The third kappa shape index (κ3) is 2.64. The maximum Gasteiger partial charge on any atom is 0.0335 e. The molecule has 0 aliphatic heterocycles. The van der Waals surface area contributed by atoms with E-state index in [0.717, 1.165) is 6.54 Å². The van der Waals surface area contributed by atoms with E-state index >= 15 is 0 Å². The van der Waals surface area contributed by atoms with Crippen molar-refractivity contribution in [3.05, 3.63) is 23.5 Å². The molecule has 0 bridgehead atoms. The van der Waals surface area contributed by atoms with Crippen LogP contribution in [0.1, 0.15) is 36.9 Å². The van der Waals surface area contributed by atoms with Gasteiger partial charge in [-0.15, -0.1) is 0 Å². The molecule has 3 heteroatoms. The number of hydrogen-bond acceptors (Lipinski definition) is 2. The van der Waals surface area contributed by atoms with Gasteiger partial charge < -0.3 is 9.88 Å². The number of aryl methyl sites for hydroxylation is 2. The standard InChI is InChI=1S/C13H22N2S/c1-3-16-8-7-15-9-11-5-4-6-13(14-2)12(11)10-15/h9-10,13-14H,3-8H2,1-2H3.